The SMILES string of the molecule is Nc1nc(Sc2nnc3ccccn23)c(Cl)cc1Cl. The summed E-state index contributed by atoms with van der Waals surface area (Å²) in [6, 6.07) is 7.22. The lowest BCUT2D eigenvalue weighted by Crippen LogP contribution is -1.94. The van der Waals surface area contributed by atoms with E-state index in [0.29, 0.717) is 20.2 Å². The Morgan fingerprint density at radius 3 is 2.84 bits per heavy atom. The summed E-state index contributed by atoms with van der Waals surface area (Å²) in [7, 11) is 0. The predicted octanol–water partition coefficient (Wildman–Crippen LogP) is 3.16. The minimum atomic E-state index is 0.238. The third-order valence-corrected chi connectivity index (χ3v) is 4.06. The molecule has 3 rings (SSSR count). The molecule has 2 N–H and O–H groups in total. The minimum absolute atomic E-state index is 0.238. The fraction of sp³-hybridized carbons (Fsp3) is 0. The van der Waals surface area contributed by atoms with Crippen molar-refractivity contribution >= 4 is 46.4 Å². The molecule has 0 aliphatic rings. The van der Waals surface area contributed by atoms with E-state index in [2.05, 4.69) is 15.2 Å². The monoisotopic (exact) mass is 311 g/mol. The first-order valence-corrected chi connectivity index (χ1v) is 6.81. The van der Waals surface area contributed by atoms with Crippen molar-refractivity contribution in [1.82, 2.24) is 19.6 Å². The molecule has 0 radical (unpaired) electrons. The molecule has 0 atom stereocenters. The first kappa shape index (κ1) is 12.5. The van der Waals surface area contributed by atoms with Gasteiger partial charge in [0.1, 0.15) is 10.8 Å². The van der Waals surface area contributed by atoms with E-state index in [1.165, 1.54) is 11.8 Å². The van der Waals surface area contributed by atoms with E-state index < -0.39 is 0 Å². The van der Waals surface area contributed by atoms with Gasteiger partial charge < -0.3 is 5.73 Å². The molecule has 0 saturated carbocycles. The molecule has 0 aliphatic heterocycles. The van der Waals surface area contributed by atoms with E-state index in [9.17, 15) is 0 Å². The van der Waals surface area contributed by atoms with E-state index >= 15 is 0 Å². The van der Waals surface area contributed by atoms with E-state index in [0.717, 1.165) is 5.65 Å². The van der Waals surface area contributed by atoms with E-state index in [-0.39, 0.29) is 5.82 Å². The Hall–Kier alpha value is -1.50. The zero-order valence-electron chi connectivity index (χ0n) is 9.42. The number of hydrogen-bond donors (Lipinski definition) is 1. The van der Waals surface area contributed by atoms with Crippen molar-refractivity contribution in [2.24, 2.45) is 0 Å². The van der Waals surface area contributed by atoms with Crippen LogP contribution in [0.25, 0.3) is 5.65 Å². The number of rotatable bonds is 2. The van der Waals surface area contributed by atoms with Crippen LogP contribution in [0.1, 0.15) is 0 Å². The van der Waals surface area contributed by atoms with Gasteiger partial charge in [-0.25, -0.2) is 4.98 Å². The van der Waals surface area contributed by atoms with Gasteiger partial charge in [0.05, 0.1) is 10.0 Å². The molecule has 8 heteroatoms. The second-order valence-electron chi connectivity index (χ2n) is 3.66. The lowest BCUT2D eigenvalue weighted by Gasteiger charge is -2.04. The smallest absolute Gasteiger partial charge is 0.201 e. The minimum Gasteiger partial charge on any atom is -0.382 e. The summed E-state index contributed by atoms with van der Waals surface area (Å²) in [5.41, 5.74) is 6.43. The summed E-state index contributed by atoms with van der Waals surface area (Å²) < 4.78 is 1.84. The standard InChI is InChI=1S/C11H7Cl2N5S/c12-6-5-7(13)10(15-9(6)14)19-11-17-16-8-3-1-2-4-18(8)11/h1-5H,(H2,14,15). The fourth-order valence-electron chi connectivity index (χ4n) is 1.51. The van der Waals surface area contributed by atoms with Gasteiger partial charge in [0.2, 0.25) is 5.16 Å². The second-order valence-corrected chi connectivity index (χ2v) is 5.43. The number of hydrogen-bond acceptors (Lipinski definition) is 5. The fourth-order valence-corrected chi connectivity index (χ4v) is 2.79. The maximum Gasteiger partial charge on any atom is 0.201 e. The van der Waals surface area contributed by atoms with Crippen LogP contribution in [0.2, 0.25) is 10.0 Å². The summed E-state index contributed by atoms with van der Waals surface area (Å²) >= 11 is 13.2. The van der Waals surface area contributed by atoms with Gasteiger partial charge in [0, 0.05) is 6.20 Å². The summed E-state index contributed by atoms with van der Waals surface area (Å²) in [6.07, 6.45) is 1.87. The molecule has 0 spiro atoms. The van der Waals surface area contributed by atoms with Crippen molar-refractivity contribution in [3.63, 3.8) is 0 Å². The van der Waals surface area contributed by atoms with Crippen LogP contribution in [0.3, 0.4) is 0 Å². The molecule has 0 fully saturated rings. The second kappa shape index (κ2) is 4.88. The first-order valence-electron chi connectivity index (χ1n) is 5.24. The molecular weight excluding hydrogens is 305 g/mol. The van der Waals surface area contributed by atoms with Gasteiger partial charge in [-0.05, 0) is 30.0 Å². The van der Waals surface area contributed by atoms with Crippen LogP contribution in [0, 0.1) is 0 Å². The van der Waals surface area contributed by atoms with Crippen molar-refractivity contribution in [3.8, 4) is 0 Å². The third-order valence-electron chi connectivity index (χ3n) is 2.39. The third kappa shape index (κ3) is 2.34. The highest BCUT2D eigenvalue weighted by molar-refractivity contribution is 7.99. The average Bonchev–Trinajstić information content (AvgIpc) is 2.80. The number of nitrogen functional groups attached to an aromatic ring is 1. The van der Waals surface area contributed by atoms with E-state index in [1.807, 2.05) is 28.8 Å². The number of halogens is 2. The predicted molar refractivity (Wildman–Crippen MR) is 75.8 cm³/mol. The van der Waals surface area contributed by atoms with Crippen LogP contribution in [0.15, 0.2) is 40.6 Å². The zero-order valence-corrected chi connectivity index (χ0v) is 11.7. The van der Waals surface area contributed by atoms with Gasteiger partial charge in [-0.2, -0.15) is 0 Å². The maximum absolute atomic E-state index is 6.09. The van der Waals surface area contributed by atoms with Gasteiger partial charge >= 0.3 is 0 Å². The largest absolute Gasteiger partial charge is 0.382 e. The Balaban J connectivity index is 2.04. The molecule has 3 heterocycles. The van der Waals surface area contributed by atoms with Gasteiger partial charge in [0.15, 0.2) is 5.65 Å². The Labute approximate surface area is 122 Å². The zero-order chi connectivity index (χ0) is 13.4. The van der Waals surface area contributed by atoms with Crippen LogP contribution in [-0.4, -0.2) is 19.6 Å². The van der Waals surface area contributed by atoms with Crippen molar-refractivity contribution in [3.05, 3.63) is 40.5 Å². The number of nitrogens with two attached hydrogens (primary N) is 1. The molecule has 0 aliphatic carbocycles. The Morgan fingerprint density at radius 2 is 2.00 bits per heavy atom. The van der Waals surface area contributed by atoms with Crippen LogP contribution in [0.4, 0.5) is 5.82 Å². The molecule has 5 nitrogen and oxygen atoms in total. The molecule has 0 amide bonds. The van der Waals surface area contributed by atoms with Gasteiger partial charge in [0.25, 0.3) is 0 Å². The van der Waals surface area contributed by atoms with Crippen molar-refractivity contribution < 1.29 is 0 Å². The summed E-state index contributed by atoms with van der Waals surface area (Å²) in [4.78, 5) is 4.15. The highest BCUT2D eigenvalue weighted by Crippen LogP contribution is 2.34. The summed E-state index contributed by atoms with van der Waals surface area (Å²) in [5, 5.41) is 10.1. The maximum atomic E-state index is 6.09. The Kier molecular flexibility index (Phi) is 3.22. The number of pyridine rings is 2. The number of fused-ring (bicyclic) bond motifs is 1. The normalized spacial score (nSPS) is 11.1. The number of anilines is 1. The molecule has 0 unspecified atom stereocenters. The lowest BCUT2D eigenvalue weighted by atomic mass is 10.5. The van der Waals surface area contributed by atoms with E-state index in [1.54, 1.807) is 6.07 Å². The molecule has 0 aromatic carbocycles. The summed E-state index contributed by atoms with van der Waals surface area (Å²) in [6.45, 7) is 0. The Bertz CT molecular complexity index is 758. The highest BCUT2D eigenvalue weighted by Gasteiger charge is 2.12. The van der Waals surface area contributed by atoms with Gasteiger partial charge in [-0.1, -0.05) is 29.3 Å². The van der Waals surface area contributed by atoms with Crippen LogP contribution in [-0.2, 0) is 0 Å². The number of aromatic nitrogens is 4. The lowest BCUT2D eigenvalue weighted by molar-refractivity contribution is 0.917. The molecule has 96 valence electrons. The molecule has 19 heavy (non-hydrogen) atoms. The van der Waals surface area contributed by atoms with Gasteiger partial charge in [-0.15, -0.1) is 10.2 Å². The molecule has 0 saturated heterocycles. The quantitative estimate of drug-likeness (QED) is 0.787. The molecular formula is C11H7Cl2N5S. The topological polar surface area (TPSA) is 69.1 Å². The Morgan fingerprint density at radius 1 is 1.16 bits per heavy atom. The first-order chi connectivity index (χ1) is 9.15. The van der Waals surface area contributed by atoms with Crippen molar-refractivity contribution in [2.45, 2.75) is 10.2 Å². The van der Waals surface area contributed by atoms with Crippen LogP contribution >= 0.6 is 35.0 Å². The summed E-state index contributed by atoms with van der Waals surface area (Å²) in [5.74, 6) is 0.238. The van der Waals surface area contributed by atoms with Crippen molar-refractivity contribution in [1.29, 1.82) is 0 Å². The molecule has 3 aromatic rings. The molecule has 3 aromatic heterocycles. The van der Waals surface area contributed by atoms with Crippen LogP contribution in [0.5, 0.6) is 0 Å². The highest BCUT2D eigenvalue weighted by atomic mass is 35.5. The molecule has 0 bridgehead atoms. The van der Waals surface area contributed by atoms with Crippen molar-refractivity contribution in [2.75, 3.05) is 5.73 Å². The van der Waals surface area contributed by atoms with Gasteiger partial charge in [-0.3, -0.25) is 4.40 Å². The number of nitrogens with zero attached hydrogens (tertiary/aromatic N) is 4. The average molecular weight is 312 g/mol. The van der Waals surface area contributed by atoms with E-state index in [4.69, 9.17) is 28.9 Å². The van der Waals surface area contributed by atoms with Crippen LogP contribution < -0.4 is 5.73 Å².